The van der Waals surface area contributed by atoms with Crippen LogP contribution in [0.15, 0.2) is 18.5 Å². The number of ether oxygens (including phenoxy) is 2. The molecule has 6 heteroatoms. The molecule has 3 rings (SSSR count). The Morgan fingerprint density at radius 1 is 1.55 bits per heavy atom. The summed E-state index contributed by atoms with van der Waals surface area (Å²) in [7, 11) is 0. The van der Waals surface area contributed by atoms with Crippen molar-refractivity contribution in [2.24, 2.45) is 11.8 Å². The van der Waals surface area contributed by atoms with Gasteiger partial charge in [-0.25, -0.2) is 4.39 Å². The molecular weight excluding hydrogens is 287 g/mol. The lowest BCUT2D eigenvalue weighted by Crippen LogP contribution is -2.38. The van der Waals surface area contributed by atoms with E-state index in [4.69, 9.17) is 9.47 Å². The molecule has 0 N–H and O–H groups in total. The molecule has 0 bridgehead atoms. The number of hydrogen-bond acceptors (Lipinski definition) is 4. The molecule has 2 fully saturated rings. The molecule has 0 saturated carbocycles. The van der Waals surface area contributed by atoms with Crippen LogP contribution in [-0.2, 0) is 9.47 Å². The van der Waals surface area contributed by atoms with Crippen molar-refractivity contribution in [3.63, 3.8) is 0 Å². The highest BCUT2D eigenvalue weighted by atomic mass is 19.1. The topological polar surface area (TPSA) is 51.7 Å². The van der Waals surface area contributed by atoms with E-state index in [-0.39, 0.29) is 29.5 Å². The predicted molar refractivity (Wildman–Crippen MR) is 77.9 cm³/mol. The van der Waals surface area contributed by atoms with Gasteiger partial charge in [0.25, 0.3) is 5.91 Å². The van der Waals surface area contributed by atoms with E-state index in [0.29, 0.717) is 32.3 Å². The summed E-state index contributed by atoms with van der Waals surface area (Å²) in [5.41, 5.74) is 0.0603. The molecule has 3 atom stereocenters. The molecule has 0 spiro atoms. The van der Waals surface area contributed by atoms with Gasteiger partial charge in [-0.2, -0.15) is 0 Å². The first kappa shape index (κ1) is 15.4. The van der Waals surface area contributed by atoms with Crippen LogP contribution >= 0.6 is 0 Å². The molecule has 3 heterocycles. The molecule has 1 amide bonds. The summed E-state index contributed by atoms with van der Waals surface area (Å²) in [6, 6.07) is 1.39. The van der Waals surface area contributed by atoms with E-state index < -0.39 is 5.82 Å². The van der Waals surface area contributed by atoms with Crippen molar-refractivity contribution >= 4 is 5.91 Å². The normalized spacial score (nSPS) is 27.5. The summed E-state index contributed by atoms with van der Waals surface area (Å²) < 4.78 is 25.3. The minimum Gasteiger partial charge on any atom is -0.379 e. The lowest BCUT2D eigenvalue weighted by Gasteiger charge is -2.22. The third-order valence-electron chi connectivity index (χ3n) is 4.26. The van der Waals surface area contributed by atoms with E-state index in [1.807, 2.05) is 0 Å². The highest BCUT2D eigenvalue weighted by Crippen LogP contribution is 2.33. The van der Waals surface area contributed by atoms with Crippen LogP contribution < -0.4 is 0 Å². The number of rotatable bonds is 4. The van der Waals surface area contributed by atoms with E-state index in [1.54, 1.807) is 4.90 Å². The molecular formula is C16H21FN2O3. The van der Waals surface area contributed by atoms with Gasteiger partial charge >= 0.3 is 0 Å². The third-order valence-corrected chi connectivity index (χ3v) is 4.26. The van der Waals surface area contributed by atoms with Crippen molar-refractivity contribution in [3.05, 3.63) is 29.8 Å². The Morgan fingerprint density at radius 2 is 2.36 bits per heavy atom. The maximum Gasteiger partial charge on any atom is 0.257 e. The number of nitrogens with zero attached hydrogens (tertiary/aromatic N) is 2. The van der Waals surface area contributed by atoms with Gasteiger partial charge in [0.05, 0.1) is 37.1 Å². The molecule has 5 nitrogen and oxygen atoms in total. The highest BCUT2D eigenvalue weighted by molar-refractivity contribution is 5.94. The Bertz CT molecular complexity index is 552. The van der Waals surface area contributed by atoms with Gasteiger partial charge in [0.15, 0.2) is 5.82 Å². The largest absolute Gasteiger partial charge is 0.379 e. The summed E-state index contributed by atoms with van der Waals surface area (Å²) in [6.45, 7) is 6.41. The Balaban J connectivity index is 1.76. The monoisotopic (exact) mass is 308 g/mol. The number of pyridine rings is 1. The first-order valence-electron chi connectivity index (χ1n) is 7.67. The third kappa shape index (κ3) is 2.85. The maximum absolute atomic E-state index is 13.8. The van der Waals surface area contributed by atoms with Crippen LogP contribution in [-0.4, -0.2) is 54.3 Å². The molecule has 0 radical (unpaired) electrons. The van der Waals surface area contributed by atoms with Gasteiger partial charge in [0, 0.05) is 25.3 Å². The van der Waals surface area contributed by atoms with Gasteiger partial charge in [-0.1, -0.05) is 13.8 Å². The van der Waals surface area contributed by atoms with Crippen molar-refractivity contribution in [1.29, 1.82) is 0 Å². The van der Waals surface area contributed by atoms with E-state index in [0.717, 1.165) is 6.20 Å². The molecule has 1 aromatic heterocycles. The maximum atomic E-state index is 13.8. The Morgan fingerprint density at radius 3 is 3.09 bits per heavy atom. The first-order chi connectivity index (χ1) is 10.6. The summed E-state index contributed by atoms with van der Waals surface area (Å²) in [5, 5.41) is 0. The van der Waals surface area contributed by atoms with Gasteiger partial charge in [0.2, 0.25) is 0 Å². The van der Waals surface area contributed by atoms with E-state index in [2.05, 4.69) is 18.8 Å². The molecule has 2 aliphatic rings. The predicted octanol–water partition coefficient (Wildman–Crippen LogP) is 1.73. The van der Waals surface area contributed by atoms with E-state index >= 15 is 0 Å². The molecule has 0 unspecified atom stereocenters. The summed E-state index contributed by atoms with van der Waals surface area (Å²) >= 11 is 0. The lowest BCUT2D eigenvalue weighted by atomic mass is 10.0. The number of fused-ring (bicyclic) bond motifs is 1. The molecule has 2 aliphatic heterocycles. The fraction of sp³-hybridized carbons (Fsp3) is 0.625. The summed E-state index contributed by atoms with van der Waals surface area (Å²) in [6.07, 6.45) is 2.46. The number of hydrogen-bond donors (Lipinski definition) is 0. The van der Waals surface area contributed by atoms with Crippen LogP contribution in [0, 0.1) is 17.7 Å². The quantitative estimate of drug-likeness (QED) is 0.850. The minimum atomic E-state index is -0.588. The first-order valence-corrected chi connectivity index (χ1v) is 7.67. The number of likely N-dealkylation sites (tertiary alicyclic amines) is 1. The van der Waals surface area contributed by atoms with Gasteiger partial charge in [-0.05, 0) is 12.0 Å². The Kier molecular flexibility index (Phi) is 4.40. The SMILES string of the molecule is CC(C)CO[C@@H]1CN(C(=O)c2ccncc2F)[C@H]2COC[C@@H]12. The van der Waals surface area contributed by atoms with Crippen molar-refractivity contribution in [2.45, 2.75) is 26.0 Å². The summed E-state index contributed by atoms with van der Waals surface area (Å²) in [5.74, 6) is -0.290. The van der Waals surface area contributed by atoms with Crippen LogP contribution in [0.2, 0.25) is 0 Å². The van der Waals surface area contributed by atoms with Crippen molar-refractivity contribution in [1.82, 2.24) is 9.88 Å². The van der Waals surface area contributed by atoms with Crippen LogP contribution in [0.1, 0.15) is 24.2 Å². The molecule has 2 saturated heterocycles. The fourth-order valence-electron chi connectivity index (χ4n) is 3.13. The second-order valence-electron chi connectivity index (χ2n) is 6.35. The minimum absolute atomic E-state index is 0.0303. The van der Waals surface area contributed by atoms with Crippen molar-refractivity contribution in [3.8, 4) is 0 Å². The Labute approximate surface area is 129 Å². The van der Waals surface area contributed by atoms with Crippen molar-refractivity contribution in [2.75, 3.05) is 26.4 Å². The van der Waals surface area contributed by atoms with Gasteiger partial charge < -0.3 is 14.4 Å². The standard InChI is InChI=1S/C16H21FN2O3/c1-10(2)7-22-15-6-19(14-9-21-8-12(14)15)16(20)11-3-4-18-5-13(11)17/h3-5,10,12,14-15H,6-9H2,1-2H3/t12-,14+,15-/m1/s1. The van der Waals surface area contributed by atoms with E-state index in [1.165, 1.54) is 12.3 Å². The highest BCUT2D eigenvalue weighted by Gasteiger charge is 2.48. The zero-order valence-corrected chi connectivity index (χ0v) is 12.9. The van der Waals surface area contributed by atoms with E-state index in [9.17, 15) is 9.18 Å². The van der Waals surface area contributed by atoms with Crippen LogP contribution in [0.3, 0.4) is 0 Å². The van der Waals surface area contributed by atoms with Gasteiger partial charge in [-0.3, -0.25) is 9.78 Å². The second kappa shape index (κ2) is 6.30. The molecule has 0 aliphatic carbocycles. The average molecular weight is 308 g/mol. The number of carbonyl (C=O) groups is 1. The molecule has 1 aromatic rings. The van der Waals surface area contributed by atoms with Gasteiger partial charge in [0.1, 0.15) is 0 Å². The summed E-state index contributed by atoms with van der Waals surface area (Å²) in [4.78, 5) is 18.0. The van der Waals surface area contributed by atoms with Gasteiger partial charge in [-0.15, -0.1) is 0 Å². The number of carbonyl (C=O) groups excluding carboxylic acids is 1. The molecule has 0 aromatic carbocycles. The van der Waals surface area contributed by atoms with Crippen LogP contribution in [0.4, 0.5) is 4.39 Å². The second-order valence-corrected chi connectivity index (χ2v) is 6.35. The number of amides is 1. The number of aromatic nitrogens is 1. The average Bonchev–Trinajstić information content (AvgIpc) is 3.07. The number of halogens is 1. The Hall–Kier alpha value is -1.53. The lowest BCUT2D eigenvalue weighted by molar-refractivity contribution is 0.00689. The molecule has 22 heavy (non-hydrogen) atoms. The smallest absolute Gasteiger partial charge is 0.257 e. The van der Waals surface area contributed by atoms with Crippen molar-refractivity contribution < 1.29 is 18.7 Å². The van der Waals surface area contributed by atoms with Crippen LogP contribution in [0.25, 0.3) is 0 Å². The zero-order valence-electron chi connectivity index (χ0n) is 12.9. The van der Waals surface area contributed by atoms with Crippen LogP contribution in [0.5, 0.6) is 0 Å². The zero-order chi connectivity index (χ0) is 15.7. The fourth-order valence-corrected chi connectivity index (χ4v) is 3.13. The molecule has 120 valence electrons.